The van der Waals surface area contributed by atoms with Gasteiger partial charge in [-0.2, -0.15) is 0 Å². The van der Waals surface area contributed by atoms with E-state index in [2.05, 4.69) is 90.5 Å². The highest BCUT2D eigenvalue weighted by atomic mass is 16.5. The van der Waals surface area contributed by atoms with Crippen LogP contribution in [0.5, 0.6) is 5.75 Å². The summed E-state index contributed by atoms with van der Waals surface area (Å²) in [7, 11) is 0. The van der Waals surface area contributed by atoms with Gasteiger partial charge in [0.2, 0.25) is 0 Å². The van der Waals surface area contributed by atoms with Crippen molar-refractivity contribution >= 4 is 22.3 Å². The molecule has 0 bridgehead atoms. The lowest BCUT2D eigenvalue weighted by Gasteiger charge is -2.30. The highest BCUT2D eigenvalue weighted by Crippen LogP contribution is 2.45. The molecule has 1 aliphatic carbocycles. The van der Waals surface area contributed by atoms with Gasteiger partial charge in [-0.25, -0.2) is 0 Å². The molecule has 2 aliphatic rings. The first kappa shape index (κ1) is 24.9. The highest BCUT2D eigenvalue weighted by Gasteiger charge is 2.27. The first-order valence-electron chi connectivity index (χ1n) is 14.2. The minimum Gasteiger partial charge on any atom is -0.490 e. The molecule has 1 aromatic heterocycles. The Labute approximate surface area is 225 Å². The minimum absolute atomic E-state index is 0.221. The highest BCUT2D eigenvalue weighted by molar-refractivity contribution is 6.01. The SMILES string of the molecule is CC(C)c1ccc(CNc2ccc(-c3c(N)c4ccc(OC5CCOCC5)cc4n3C3CCC3)cc2)cc1. The number of nitrogens with one attached hydrogen (secondary N) is 1. The maximum atomic E-state index is 6.84. The zero-order valence-corrected chi connectivity index (χ0v) is 22.6. The molecule has 1 saturated carbocycles. The molecule has 198 valence electrons. The number of nitrogens with zero attached hydrogens (tertiary/aromatic N) is 1. The number of fused-ring (bicyclic) bond motifs is 1. The Hall–Kier alpha value is -3.44. The van der Waals surface area contributed by atoms with Crippen LogP contribution in [-0.2, 0) is 11.3 Å². The van der Waals surface area contributed by atoms with E-state index in [1.807, 2.05) is 0 Å². The van der Waals surface area contributed by atoms with Crippen molar-refractivity contribution in [3.63, 3.8) is 0 Å². The van der Waals surface area contributed by atoms with Crippen LogP contribution in [0, 0.1) is 0 Å². The fourth-order valence-corrected chi connectivity index (χ4v) is 5.67. The third-order valence-corrected chi connectivity index (χ3v) is 8.23. The molecule has 0 spiro atoms. The van der Waals surface area contributed by atoms with Crippen molar-refractivity contribution in [1.82, 2.24) is 4.57 Å². The standard InChI is InChI=1S/C33H39N3O2/c1-22(2)24-8-6-23(7-9-24)21-35-26-12-10-25(11-13-26)33-32(34)30-15-14-29(38-28-16-18-37-19-17-28)20-31(30)36(33)27-4-3-5-27/h6-15,20,22,27-28,35H,3-5,16-19,21,34H2,1-2H3. The van der Waals surface area contributed by atoms with Crippen molar-refractivity contribution in [2.24, 2.45) is 0 Å². The van der Waals surface area contributed by atoms with E-state index >= 15 is 0 Å². The van der Waals surface area contributed by atoms with Gasteiger partial charge in [-0.05, 0) is 60.6 Å². The van der Waals surface area contributed by atoms with E-state index < -0.39 is 0 Å². The topological polar surface area (TPSA) is 61.4 Å². The molecule has 2 fully saturated rings. The van der Waals surface area contributed by atoms with Crippen molar-refractivity contribution in [2.75, 3.05) is 24.3 Å². The van der Waals surface area contributed by atoms with Crippen molar-refractivity contribution in [1.29, 1.82) is 0 Å². The minimum atomic E-state index is 0.221. The van der Waals surface area contributed by atoms with E-state index in [1.165, 1.54) is 35.9 Å². The number of benzene rings is 3. The van der Waals surface area contributed by atoms with E-state index in [-0.39, 0.29) is 6.10 Å². The lowest BCUT2D eigenvalue weighted by Crippen LogP contribution is -2.25. The van der Waals surface area contributed by atoms with Crippen molar-refractivity contribution in [2.45, 2.75) is 70.6 Å². The van der Waals surface area contributed by atoms with Crippen LogP contribution in [0.25, 0.3) is 22.2 Å². The van der Waals surface area contributed by atoms with Crippen LogP contribution in [0.1, 0.15) is 69.0 Å². The normalized spacial score (nSPS) is 16.6. The average molecular weight is 510 g/mol. The molecule has 1 aliphatic heterocycles. The van der Waals surface area contributed by atoms with Crippen LogP contribution in [0.2, 0.25) is 0 Å². The summed E-state index contributed by atoms with van der Waals surface area (Å²) in [5, 5.41) is 4.68. The van der Waals surface area contributed by atoms with Crippen LogP contribution < -0.4 is 15.8 Å². The molecule has 5 heteroatoms. The van der Waals surface area contributed by atoms with Crippen LogP contribution in [-0.4, -0.2) is 23.9 Å². The zero-order chi connectivity index (χ0) is 26.1. The summed E-state index contributed by atoms with van der Waals surface area (Å²) >= 11 is 0. The lowest BCUT2D eigenvalue weighted by atomic mass is 9.92. The molecule has 0 atom stereocenters. The molecule has 38 heavy (non-hydrogen) atoms. The van der Waals surface area contributed by atoms with Gasteiger partial charge in [-0.1, -0.05) is 50.2 Å². The van der Waals surface area contributed by atoms with Crippen LogP contribution in [0.15, 0.2) is 66.7 Å². The maximum Gasteiger partial charge on any atom is 0.121 e. The smallest absolute Gasteiger partial charge is 0.121 e. The molecular weight excluding hydrogens is 470 g/mol. The molecule has 3 N–H and O–H groups in total. The number of aromatic nitrogens is 1. The maximum absolute atomic E-state index is 6.84. The molecule has 0 amide bonds. The molecule has 2 heterocycles. The monoisotopic (exact) mass is 509 g/mol. The summed E-state index contributed by atoms with van der Waals surface area (Å²) in [6, 6.07) is 24.5. The molecule has 3 aromatic carbocycles. The molecule has 0 unspecified atom stereocenters. The van der Waals surface area contributed by atoms with Gasteiger partial charge in [0.25, 0.3) is 0 Å². The Morgan fingerprint density at radius 1 is 0.947 bits per heavy atom. The predicted octanol–water partition coefficient (Wildman–Crippen LogP) is 7.91. The van der Waals surface area contributed by atoms with Crippen LogP contribution in [0.4, 0.5) is 11.4 Å². The van der Waals surface area contributed by atoms with Gasteiger partial charge < -0.3 is 25.1 Å². The Morgan fingerprint density at radius 3 is 2.34 bits per heavy atom. The third kappa shape index (κ3) is 5.00. The van der Waals surface area contributed by atoms with Gasteiger partial charge in [0.1, 0.15) is 11.9 Å². The number of hydrogen-bond donors (Lipinski definition) is 2. The van der Waals surface area contributed by atoms with Crippen molar-refractivity contribution in [3.05, 3.63) is 77.9 Å². The van der Waals surface area contributed by atoms with Crippen LogP contribution in [0.3, 0.4) is 0 Å². The van der Waals surface area contributed by atoms with E-state index in [0.29, 0.717) is 12.0 Å². The van der Waals surface area contributed by atoms with Gasteiger partial charge in [0.05, 0.1) is 30.1 Å². The Balaban J connectivity index is 1.25. The molecule has 4 aromatic rings. The number of ether oxygens (including phenoxy) is 2. The van der Waals surface area contributed by atoms with Crippen molar-refractivity contribution in [3.8, 4) is 17.0 Å². The van der Waals surface area contributed by atoms with Gasteiger partial charge in [-0.3, -0.25) is 0 Å². The lowest BCUT2D eigenvalue weighted by molar-refractivity contribution is 0.0256. The van der Waals surface area contributed by atoms with E-state index in [1.54, 1.807) is 0 Å². The summed E-state index contributed by atoms with van der Waals surface area (Å²) in [6.45, 7) is 6.81. The summed E-state index contributed by atoms with van der Waals surface area (Å²) in [4.78, 5) is 0. The Bertz CT molecular complexity index is 1380. The molecule has 6 rings (SSSR count). The largest absolute Gasteiger partial charge is 0.490 e. The quantitative estimate of drug-likeness (QED) is 0.253. The fourth-order valence-electron chi connectivity index (χ4n) is 5.67. The predicted molar refractivity (Wildman–Crippen MR) is 157 cm³/mol. The first-order chi connectivity index (χ1) is 18.6. The number of hydrogen-bond acceptors (Lipinski definition) is 4. The Morgan fingerprint density at radius 2 is 1.68 bits per heavy atom. The summed E-state index contributed by atoms with van der Waals surface area (Å²) in [5.74, 6) is 1.48. The number of nitrogens with two attached hydrogens (primary N) is 1. The van der Waals surface area contributed by atoms with E-state index in [4.69, 9.17) is 15.2 Å². The summed E-state index contributed by atoms with van der Waals surface area (Å²) in [6.07, 6.45) is 5.76. The van der Waals surface area contributed by atoms with Gasteiger partial charge in [0, 0.05) is 48.1 Å². The second-order valence-electron chi connectivity index (χ2n) is 11.2. The van der Waals surface area contributed by atoms with Crippen LogP contribution >= 0.6 is 0 Å². The second kappa shape index (κ2) is 10.7. The van der Waals surface area contributed by atoms with Gasteiger partial charge >= 0.3 is 0 Å². The zero-order valence-electron chi connectivity index (χ0n) is 22.6. The molecule has 1 saturated heterocycles. The van der Waals surface area contributed by atoms with E-state index in [0.717, 1.165) is 66.4 Å². The number of rotatable bonds is 8. The first-order valence-corrected chi connectivity index (χ1v) is 14.2. The summed E-state index contributed by atoms with van der Waals surface area (Å²) in [5.41, 5.74) is 14.9. The Kier molecular flexibility index (Phi) is 7.03. The number of nitrogen functional groups attached to an aromatic ring is 1. The molecule has 0 radical (unpaired) electrons. The second-order valence-corrected chi connectivity index (χ2v) is 11.2. The number of anilines is 2. The van der Waals surface area contributed by atoms with Gasteiger partial charge in [0.15, 0.2) is 0 Å². The average Bonchev–Trinajstić information content (AvgIpc) is 3.19. The van der Waals surface area contributed by atoms with Crippen molar-refractivity contribution < 1.29 is 9.47 Å². The summed E-state index contributed by atoms with van der Waals surface area (Å²) < 4.78 is 14.3. The third-order valence-electron chi connectivity index (χ3n) is 8.23. The van der Waals surface area contributed by atoms with E-state index in [9.17, 15) is 0 Å². The fraction of sp³-hybridized carbons (Fsp3) is 0.394. The van der Waals surface area contributed by atoms with Gasteiger partial charge in [-0.15, -0.1) is 0 Å². The molecule has 5 nitrogen and oxygen atoms in total. The molecular formula is C33H39N3O2.